The summed E-state index contributed by atoms with van der Waals surface area (Å²) in [6, 6.07) is 0. The van der Waals surface area contributed by atoms with Crippen molar-refractivity contribution in [2.24, 2.45) is 0 Å². The summed E-state index contributed by atoms with van der Waals surface area (Å²) < 4.78 is 86.8. The Morgan fingerprint density at radius 1 is 0.913 bits per heavy atom. The van der Waals surface area contributed by atoms with Crippen LogP contribution in [0.25, 0.3) is 0 Å². The number of halogens is 5. The van der Waals surface area contributed by atoms with Crippen molar-refractivity contribution in [2.75, 3.05) is 26.4 Å². The molecule has 138 valence electrons. The first kappa shape index (κ1) is 22.2. The molecule has 0 atom stereocenters. The molecule has 0 aliphatic carbocycles. The van der Waals surface area contributed by atoms with E-state index in [0.29, 0.717) is 0 Å². The molecule has 0 aliphatic heterocycles. The van der Waals surface area contributed by atoms with E-state index in [9.17, 15) is 22.4 Å². The summed E-state index contributed by atoms with van der Waals surface area (Å²) in [5.74, 6) is -2.08. The van der Waals surface area contributed by atoms with Gasteiger partial charge in [-0.1, -0.05) is 0 Å². The molecule has 5 nitrogen and oxygen atoms in total. The summed E-state index contributed by atoms with van der Waals surface area (Å²) in [4.78, 5) is 11.5. The Balaban J connectivity index is 6.51. The van der Waals surface area contributed by atoms with Crippen molar-refractivity contribution in [3.05, 3.63) is 11.1 Å². The van der Waals surface area contributed by atoms with Gasteiger partial charge in [0.05, 0.1) is 0 Å². The van der Waals surface area contributed by atoms with E-state index < -0.39 is 57.3 Å². The molecule has 0 amide bonds. The van der Waals surface area contributed by atoms with Gasteiger partial charge in [0.15, 0.2) is 0 Å². The van der Waals surface area contributed by atoms with Crippen LogP contribution in [-0.4, -0.2) is 38.6 Å². The maximum absolute atomic E-state index is 15.3. The minimum atomic E-state index is -6.47. The molecule has 0 N–H and O–H groups in total. The molecule has 0 unspecified atom stereocenters. The second kappa shape index (κ2) is 8.32. The van der Waals surface area contributed by atoms with Crippen LogP contribution in [-0.2, 0) is 23.1 Å². The number of rotatable bonds is 9. The van der Waals surface area contributed by atoms with E-state index in [0.717, 1.165) is 0 Å². The van der Waals surface area contributed by atoms with Crippen LogP contribution in [0.4, 0.5) is 21.8 Å². The quantitative estimate of drug-likeness (QED) is 0.257. The molecule has 0 bridgehead atoms. The van der Waals surface area contributed by atoms with Crippen LogP contribution < -0.4 is 0 Å². The van der Waals surface area contributed by atoms with Gasteiger partial charge >= 0.3 is 130 Å². The first-order valence-electron chi connectivity index (χ1n) is 6.84. The van der Waals surface area contributed by atoms with Crippen molar-refractivity contribution >= 4 is 13.6 Å². The SMILES string of the molecule is CCOC(=O)C(=C(F)P(F)(OCC)(OCC)OCC)C(F)(F)F. The van der Waals surface area contributed by atoms with E-state index >= 15 is 4.20 Å². The molecule has 23 heavy (non-hydrogen) atoms. The topological polar surface area (TPSA) is 54.0 Å². The second-order valence-corrected chi connectivity index (χ2v) is 6.67. The molecule has 0 aromatic rings. The van der Waals surface area contributed by atoms with Gasteiger partial charge in [-0.05, 0) is 0 Å². The van der Waals surface area contributed by atoms with Gasteiger partial charge in [0.25, 0.3) is 0 Å². The molecule has 0 spiro atoms. The molecular weight excluding hydrogens is 350 g/mol. The Labute approximate surface area is 131 Å². The third kappa shape index (κ3) is 5.07. The molecule has 0 aromatic heterocycles. The zero-order valence-corrected chi connectivity index (χ0v) is 14.1. The Hall–Kier alpha value is -0.830. The zero-order chi connectivity index (χ0) is 18.3. The zero-order valence-electron chi connectivity index (χ0n) is 13.2. The van der Waals surface area contributed by atoms with Crippen LogP contribution in [0.15, 0.2) is 11.1 Å². The molecular formula is C12H20F5O5P. The number of esters is 1. The van der Waals surface area contributed by atoms with Crippen LogP contribution in [0.3, 0.4) is 0 Å². The van der Waals surface area contributed by atoms with E-state index in [1.165, 1.54) is 27.7 Å². The number of carbonyl (C=O) groups excluding carboxylic acids is 1. The van der Waals surface area contributed by atoms with Crippen molar-refractivity contribution in [2.45, 2.75) is 33.9 Å². The van der Waals surface area contributed by atoms with Gasteiger partial charge in [-0.3, -0.25) is 0 Å². The number of ether oxygens (including phenoxy) is 1. The maximum atomic E-state index is 15.3. The molecule has 0 radical (unpaired) electrons. The summed E-state index contributed by atoms with van der Waals surface area (Å²) in [5, 5.41) is 0. The standard InChI is InChI=1S/C12H20F5O5P/c1-5-19-11(18)9(12(14,15)16)10(13)23(17,20-6-2,21-7-3)22-8-4/h5-8H2,1-4H3. The predicted molar refractivity (Wildman–Crippen MR) is 73.7 cm³/mol. The molecule has 0 aliphatic rings. The fourth-order valence-electron chi connectivity index (χ4n) is 1.64. The Bertz CT molecular complexity index is 432. The number of hydrogen-bond donors (Lipinski definition) is 0. The normalized spacial score (nSPS) is 15.6. The fraction of sp³-hybridized carbons (Fsp3) is 0.750. The van der Waals surface area contributed by atoms with Crippen LogP contribution in [0, 0.1) is 0 Å². The van der Waals surface area contributed by atoms with Crippen molar-refractivity contribution in [3.8, 4) is 0 Å². The summed E-state index contributed by atoms with van der Waals surface area (Å²) in [5.41, 5.74) is -5.05. The van der Waals surface area contributed by atoms with E-state index in [4.69, 9.17) is 0 Å². The number of carbonyl (C=O) groups is 1. The summed E-state index contributed by atoms with van der Waals surface area (Å²) in [7, 11) is -6.47. The first-order valence-corrected chi connectivity index (χ1v) is 8.72. The summed E-state index contributed by atoms with van der Waals surface area (Å²) >= 11 is 0. The summed E-state index contributed by atoms with van der Waals surface area (Å²) in [6.45, 7) is 2.75. The number of alkyl halides is 3. The average molecular weight is 370 g/mol. The second-order valence-electron chi connectivity index (χ2n) is 3.93. The van der Waals surface area contributed by atoms with E-state index in [1.807, 2.05) is 0 Å². The molecule has 11 heteroatoms. The predicted octanol–water partition coefficient (Wildman–Crippen LogP) is 4.59. The molecule has 0 aromatic carbocycles. The van der Waals surface area contributed by atoms with Gasteiger partial charge < -0.3 is 0 Å². The molecule has 0 rings (SSSR count). The molecule has 0 saturated carbocycles. The number of hydrogen-bond acceptors (Lipinski definition) is 5. The van der Waals surface area contributed by atoms with Gasteiger partial charge in [-0.15, -0.1) is 0 Å². The van der Waals surface area contributed by atoms with Gasteiger partial charge in [0.2, 0.25) is 0 Å². The van der Waals surface area contributed by atoms with Gasteiger partial charge in [-0.25, -0.2) is 0 Å². The van der Waals surface area contributed by atoms with Crippen molar-refractivity contribution in [1.29, 1.82) is 0 Å². The Kier molecular flexibility index (Phi) is 8.02. The van der Waals surface area contributed by atoms with Crippen LogP contribution >= 0.6 is 7.59 Å². The van der Waals surface area contributed by atoms with Crippen LogP contribution in [0.2, 0.25) is 0 Å². The van der Waals surface area contributed by atoms with E-state index in [2.05, 4.69) is 18.3 Å². The van der Waals surface area contributed by atoms with Gasteiger partial charge in [-0.2, -0.15) is 0 Å². The third-order valence-corrected chi connectivity index (χ3v) is 5.27. The van der Waals surface area contributed by atoms with Crippen molar-refractivity contribution in [3.63, 3.8) is 0 Å². The monoisotopic (exact) mass is 370 g/mol. The first-order chi connectivity index (χ1) is 10.5. The average Bonchev–Trinajstić information content (AvgIpc) is 2.38. The third-order valence-electron chi connectivity index (χ3n) is 2.33. The Morgan fingerprint density at radius 2 is 1.30 bits per heavy atom. The fourth-order valence-corrected chi connectivity index (χ4v) is 4.09. The van der Waals surface area contributed by atoms with E-state index in [1.54, 1.807) is 0 Å². The van der Waals surface area contributed by atoms with Crippen molar-refractivity contribution < 1.29 is 44.9 Å². The molecule has 0 saturated heterocycles. The van der Waals surface area contributed by atoms with Crippen molar-refractivity contribution in [1.82, 2.24) is 0 Å². The van der Waals surface area contributed by atoms with Crippen LogP contribution in [0.5, 0.6) is 0 Å². The molecule has 0 fully saturated rings. The minimum absolute atomic E-state index is 0.466. The Morgan fingerprint density at radius 3 is 1.57 bits per heavy atom. The van der Waals surface area contributed by atoms with E-state index in [-0.39, 0.29) is 0 Å². The summed E-state index contributed by atoms with van der Waals surface area (Å²) in [6.07, 6.45) is -5.53. The van der Waals surface area contributed by atoms with Gasteiger partial charge in [0, 0.05) is 0 Å². The van der Waals surface area contributed by atoms with Crippen LogP contribution in [0.1, 0.15) is 27.7 Å². The molecule has 0 heterocycles. The van der Waals surface area contributed by atoms with Gasteiger partial charge in [0.1, 0.15) is 0 Å².